The van der Waals surface area contributed by atoms with E-state index in [2.05, 4.69) is 36.6 Å². The van der Waals surface area contributed by atoms with Crippen molar-refractivity contribution in [2.75, 3.05) is 57.8 Å². The van der Waals surface area contributed by atoms with Crippen LogP contribution in [0.25, 0.3) is 11.1 Å². The molecule has 35 heavy (non-hydrogen) atoms. The molecule has 1 saturated carbocycles. The molecule has 192 valence electrons. The Morgan fingerprint density at radius 3 is 2.54 bits per heavy atom. The average molecular weight is 495 g/mol. The fourth-order valence-electron chi connectivity index (χ4n) is 5.72. The Bertz CT molecular complexity index is 989. The predicted molar refractivity (Wildman–Crippen MR) is 126 cm³/mol. The third-order valence-corrected chi connectivity index (χ3v) is 7.20. The van der Waals surface area contributed by atoms with Crippen LogP contribution in [0.2, 0.25) is 0 Å². The number of likely N-dealkylation sites (tertiary alicyclic amines) is 1. The molecule has 0 bridgehead atoms. The lowest BCUT2D eigenvalue weighted by Gasteiger charge is -2.47. The lowest BCUT2D eigenvalue weighted by atomic mass is 9.78. The van der Waals surface area contributed by atoms with Crippen LogP contribution in [-0.4, -0.2) is 90.0 Å². The number of carbonyl (C=O) groups excluding carboxylic acids is 1. The first kappa shape index (κ1) is 25.4. The number of ether oxygens (including phenoxy) is 1. The molecular weight excluding hydrogens is 461 g/mol. The van der Waals surface area contributed by atoms with Crippen LogP contribution in [0.1, 0.15) is 32.7 Å². The van der Waals surface area contributed by atoms with Crippen molar-refractivity contribution in [3.8, 4) is 11.1 Å². The first-order valence-corrected chi connectivity index (χ1v) is 12.0. The minimum absolute atomic E-state index is 0.431. The molecule has 0 N–H and O–H groups in total. The molecule has 4 heterocycles. The summed E-state index contributed by atoms with van der Waals surface area (Å²) in [5.41, 5.74) is 1.49. The maximum Gasteiger partial charge on any atom is 0.333 e. The van der Waals surface area contributed by atoms with Gasteiger partial charge in [-0.15, -0.1) is 0 Å². The molecule has 2 aromatic rings. The van der Waals surface area contributed by atoms with Crippen LogP contribution in [0.3, 0.4) is 0 Å². The summed E-state index contributed by atoms with van der Waals surface area (Å²) >= 11 is 0. The second kappa shape index (κ2) is 10.9. The number of piperazine rings is 1. The van der Waals surface area contributed by atoms with Crippen molar-refractivity contribution >= 4 is 12.3 Å². The minimum Gasteiger partial charge on any atom is -0.468 e. The van der Waals surface area contributed by atoms with Gasteiger partial charge in [-0.3, -0.25) is 9.69 Å². The molecule has 5 rings (SSSR count). The van der Waals surface area contributed by atoms with Crippen LogP contribution in [0, 0.1) is 11.2 Å². The quantitative estimate of drug-likeness (QED) is 0.571. The van der Waals surface area contributed by atoms with Gasteiger partial charge in [0.1, 0.15) is 11.6 Å². The molecule has 2 saturated heterocycles. The highest BCUT2D eigenvalue weighted by Gasteiger charge is 2.48. The average Bonchev–Trinajstić information content (AvgIpc) is 3.49. The number of rotatable bonds is 6. The van der Waals surface area contributed by atoms with Gasteiger partial charge in [0.2, 0.25) is 0 Å². The maximum atomic E-state index is 13.9. The second-order valence-corrected chi connectivity index (χ2v) is 9.65. The number of alkyl halides is 2. The van der Waals surface area contributed by atoms with Crippen LogP contribution in [0.5, 0.6) is 0 Å². The van der Waals surface area contributed by atoms with Crippen molar-refractivity contribution in [3.63, 3.8) is 0 Å². The number of halogens is 3. The molecule has 1 aliphatic carbocycles. The molecule has 1 unspecified atom stereocenters. The van der Waals surface area contributed by atoms with Gasteiger partial charge in [0, 0.05) is 62.6 Å². The molecule has 0 radical (unpaired) electrons. The molecular formula is C24H33F3N6O2. The molecule has 1 spiro atoms. The Morgan fingerprint density at radius 1 is 1.23 bits per heavy atom. The summed E-state index contributed by atoms with van der Waals surface area (Å²) in [7, 11) is 2.19. The largest absolute Gasteiger partial charge is 0.468 e. The van der Waals surface area contributed by atoms with E-state index in [-0.39, 0.29) is 0 Å². The van der Waals surface area contributed by atoms with Crippen LogP contribution < -0.4 is 4.90 Å². The lowest BCUT2D eigenvalue weighted by Crippen LogP contribution is -2.54. The van der Waals surface area contributed by atoms with Gasteiger partial charge >= 0.3 is 6.55 Å². The smallest absolute Gasteiger partial charge is 0.333 e. The Labute approximate surface area is 203 Å². The lowest BCUT2D eigenvalue weighted by molar-refractivity contribution is -0.128. The van der Waals surface area contributed by atoms with Crippen LogP contribution in [0.15, 0.2) is 24.7 Å². The van der Waals surface area contributed by atoms with Crippen molar-refractivity contribution < 1.29 is 22.7 Å². The van der Waals surface area contributed by atoms with E-state index in [4.69, 9.17) is 0 Å². The third-order valence-electron chi connectivity index (χ3n) is 7.20. The number of hydrogen-bond donors (Lipinski definition) is 0. The van der Waals surface area contributed by atoms with E-state index in [1.807, 2.05) is 0 Å². The second-order valence-electron chi connectivity index (χ2n) is 9.65. The zero-order valence-electron chi connectivity index (χ0n) is 20.2. The topological polar surface area (TPSA) is 66.7 Å². The summed E-state index contributed by atoms with van der Waals surface area (Å²) in [4.78, 5) is 20.6. The zero-order valence-corrected chi connectivity index (χ0v) is 20.2. The van der Waals surface area contributed by atoms with Crippen LogP contribution in [0.4, 0.5) is 19.0 Å². The van der Waals surface area contributed by atoms with Crippen LogP contribution >= 0.6 is 0 Å². The van der Waals surface area contributed by atoms with Gasteiger partial charge in [0.05, 0.1) is 19.0 Å². The van der Waals surface area contributed by atoms with E-state index < -0.39 is 12.4 Å². The van der Waals surface area contributed by atoms with Gasteiger partial charge in [-0.25, -0.2) is 14.1 Å². The fourth-order valence-corrected chi connectivity index (χ4v) is 5.72. The summed E-state index contributed by atoms with van der Waals surface area (Å²) in [6, 6.07) is 2.00. The van der Waals surface area contributed by atoms with Gasteiger partial charge in [0.25, 0.3) is 6.47 Å². The third kappa shape index (κ3) is 5.78. The van der Waals surface area contributed by atoms with Crippen molar-refractivity contribution in [2.45, 2.75) is 38.8 Å². The number of anilines is 1. The summed E-state index contributed by atoms with van der Waals surface area (Å²) in [6.07, 6.45) is 7.64. The Balaban J connectivity index is 0.000000527. The summed E-state index contributed by atoms with van der Waals surface area (Å²) in [5, 5.41) is 3.69. The highest BCUT2D eigenvalue weighted by molar-refractivity contribution is 5.75. The number of carbonyl (C=O) groups is 1. The van der Waals surface area contributed by atoms with Gasteiger partial charge in [-0.05, 0) is 44.7 Å². The predicted octanol–water partition coefficient (Wildman–Crippen LogP) is 3.26. The zero-order chi connectivity index (χ0) is 25.0. The molecule has 8 nitrogen and oxygen atoms in total. The molecule has 3 aliphatic rings. The molecule has 11 heteroatoms. The molecule has 2 aromatic heterocycles. The van der Waals surface area contributed by atoms with E-state index >= 15 is 0 Å². The normalized spacial score (nSPS) is 22.1. The van der Waals surface area contributed by atoms with Crippen molar-refractivity contribution in [1.29, 1.82) is 0 Å². The maximum absolute atomic E-state index is 13.9. The van der Waals surface area contributed by atoms with Gasteiger partial charge in [0.15, 0.2) is 0 Å². The number of hydrogen-bond acceptors (Lipinski definition) is 7. The molecule has 3 fully saturated rings. The van der Waals surface area contributed by atoms with Crippen molar-refractivity contribution in [2.24, 2.45) is 5.41 Å². The van der Waals surface area contributed by atoms with E-state index in [9.17, 15) is 18.0 Å². The monoisotopic (exact) mass is 494 g/mol. The van der Waals surface area contributed by atoms with Gasteiger partial charge in [-0.2, -0.15) is 13.9 Å². The summed E-state index contributed by atoms with van der Waals surface area (Å²) in [5.74, 6) is 0.146. The SMILES string of the molecule is CCOC=O.CN1CC2(CCC(N3CCN(c4ncc(F)cc4-c4cnn(C(F)F)c4)CC3)C2)C1. The van der Waals surface area contributed by atoms with E-state index in [1.54, 1.807) is 6.92 Å². The van der Waals surface area contributed by atoms with Crippen LogP contribution in [-0.2, 0) is 9.53 Å². The summed E-state index contributed by atoms with van der Waals surface area (Å²) in [6.45, 7) is 5.83. The first-order valence-electron chi connectivity index (χ1n) is 12.0. The Kier molecular flexibility index (Phi) is 7.95. The van der Waals surface area contributed by atoms with E-state index in [0.29, 0.717) is 46.2 Å². The van der Waals surface area contributed by atoms with E-state index in [1.165, 1.54) is 57.0 Å². The number of nitrogens with zero attached hydrogens (tertiary/aromatic N) is 6. The minimum atomic E-state index is -2.72. The molecule has 0 amide bonds. The van der Waals surface area contributed by atoms with Gasteiger partial charge < -0.3 is 14.5 Å². The fraction of sp³-hybridized carbons (Fsp3) is 0.625. The summed E-state index contributed by atoms with van der Waals surface area (Å²) < 4.78 is 44.5. The Morgan fingerprint density at radius 2 is 1.97 bits per heavy atom. The number of pyridine rings is 1. The molecule has 1 atom stereocenters. The standard InChI is InChI=1S/C21H27F3N6.C3H6O2/c1-27-13-21(14-27)3-2-17(9-21)28-4-6-29(7-5-28)19-18(8-16(22)11-25-19)15-10-26-30(12-15)20(23)24;1-2-5-3-4/h8,10-12,17,20H,2-7,9,13-14H2,1H3;3H,2H2,1H3. The first-order chi connectivity index (χ1) is 16.8. The van der Waals surface area contributed by atoms with Gasteiger partial charge in [-0.1, -0.05) is 0 Å². The molecule has 2 aliphatic heterocycles. The highest BCUT2D eigenvalue weighted by atomic mass is 19.3. The Hall–Kier alpha value is -2.66. The van der Waals surface area contributed by atoms with Crippen molar-refractivity contribution in [3.05, 3.63) is 30.5 Å². The van der Waals surface area contributed by atoms with Crippen molar-refractivity contribution in [1.82, 2.24) is 24.6 Å². The molecule has 0 aromatic carbocycles. The highest BCUT2D eigenvalue weighted by Crippen LogP contribution is 2.46. The van der Waals surface area contributed by atoms with E-state index in [0.717, 1.165) is 26.2 Å². The number of aromatic nitrogens is 3.